The number of nitrogens with one attached hydrogen (secondary N) is 1. The van der Waals surface area contributed by atoms with Crippen LogP contribution in [0.5, 0.6) is 0 Å². The summed E-state index contributed by atoms with van der Waals surface area (Å²) in [5.41, 5.74) is 0. The summed E-state index contributed by atoms with van der Waals surface area (Å²) in [5.74, 6) is -0.198. The molecule has 1 amide bonds. The van der Waals surface area contributed by atoms with Crippen LogP contribution in [0, 0.1) is 5.92 Å². The van der Waals surface area contributed by atoms with E-state index in [4.69, 9.17) is 0 Å². The lowest BCUT2D eigenvalue weighted by Crippen LogP contribution is -2.54. The number of ether oxygens (including phenoxy) is 1. The molecule has 0 aliphatic carbocycles. The highest BCUT2D eigenvalue weighted by Gasteiger charge is 2.57. The Balaban J connectivity index is 4.52. The summed E-state index contributed by atoms with van der Waals surface area (Å²) in [6, 6.07) is -3.92. The Morgan fingerprint density at radius 2 is 1.53 bits per heavy atom. The van der Waals surface area contributed by atoms with E-state index < -0.39 is 24.5 Å². The third kappa shape index (κ3) is 6.22. The lowest BCUT2D eigenvalue weighted by Gasteiger charge is -2.23. The van der Waals surface area contributed by atoms with E-state index in [0.29, 0.717) is 0 Å². The number of hydrogen-bond acceptors (Lipinski definition) is 2. The van der Waals surface area contributed by atoms with E-state index in [1.54, 1.807) is 13.8 Å². The molecular weight excluding hydrogens is 256 g/mol. The molecule has 3 nitrogen and oxygen atoms in total. The molecule has 1 N–H and O–H groups in total. The molecule has 0 aliphatic heterocycles. The van der Waals surface area contributed by atoms with Crippen LogP contribution in [0.25, 0.3) is 0 Å². The Kier molecular flexibility index (Phi) is 5.09. The fourth-order valence-corrected chi connectivity index (χ4v) is 0.751. The van der Waals surface area contributed by atoms with Crippen molar-refractivity contribution in [1.82, 2.24) is 5.32 Å². The molecule has 0 aromatic carbocycles. The van der Waals surface area contributed by atoms with E-state index in [0.717, 1.165) is 5.32 Å². The van der Waals surface area contributed by atoms with Gasteiger partial charge in [0.2, 0.25) is 6.04 Å². The van der Waals surface area contributed by atoms with Crippen molar-refractivity contribution in [2.75, 3.05) is 6.61 Å². The molecular formula is C8H11F6NO2. The summed E-state index contributed by atoms with van der Waals surface area (Å²) < 4.78 is 76.1. The topological polar surface area (TPSA) is 38.3 Å². The minimum atomic E-state index is -5.62. The number of hydrogen-bond donors (Lipinski definition) is 1. The molecule has 17 heavy (non-hydrogen) atoms. The normalized spacial score (nSPS) is 13.1. The minimum absolute atomic E-state index is 0.198. The number of carbonyl (C=O) groups excluding carboxylic acids is 1. The van der Waals surface area contributed by atoms with Gasteiger partial charge in [0.05, 0.1) is 6.61 Å². The molecule has 0 aromatic heterocycles. The standard InChI is InChI=1S/C8H11F6NO2/c1-4(2)3-17-6(16)15-5(7(9,10)11)8(12,13)14/h4-5H,3H2,1-2H3,(H,15,16). The number of alkyl carbamates (subject to hydrolysis) is 1. The van der Waals surface area contributed by atoms with Crippen molar-refractivity contribution in [3.8, 4) is 0 Å². The highest BCUT2D eigenvalue weighted by atomic mass is 19.4. The lowest BCUT2D eigenvalue weighted by atomic mass is 10.2. The maximum atomic E-state index is 12.0. The van der Waals surface area contributed by atoms with E-state index in [1.165, 1.54) is 0 Å². The minimum Gasteiger partial charge on any atom is -0.449 e. The zero-order chi connectivity index (χ0) is 13.9. The van der Waals surface area contributed by atoms with Crippen molar-refractivity contribution < 1.29 is 35.9 Å². The van der Waals surface area contributed by atoms with Crippen molar-refractivity contribution in [1.29, 1.82) is 0 Å². The monoisotopic (exact) mass is 267 g/mol. The van der Waals surface area contributed by atoms with Crippen LogP contribution in [0.1, 0.15) is 13.8 Å². The first kappa shape index (κ1) is 15.9. The van der Waals surface area contributed by atoms with Gasteiger partial charge >= 0.3 is 18.4 Å². The first-order valence-corrected chi connectivity index (χ1v) is 4.51. The number of halogens is 6. The molecule has 0 aromatic rings. The van der Waals surface area contributed by atoms with Crippen LogP contribution < -0.4 is 5.32 Å². The van der Waals surface area contributed by atoms with Gasteiger partial charge in [-0.1, -0.05) is 13.8 Å². The van der Waals surface area contributed by atoms with Gasteiger partial charge in [-0.2, -0.15) is 26.3 Å². The largest absolute Gasteiger partial charge is 0.449 e. The van der Waals surface area contributed by atoms with Crippen LogP contribution >= 0.6 is 0 Å². The van der Waals surface area contributed by atoms with Crippen LogP contribution in [0.3, 0.4) is 0 Å². The molecule has 0 bridgehead atoms. The zero-order valence-electron chi connectivity index (χ0n) is 8.95. The third-order valence-electron chi connectivity index (χ3n) is 1.46. The fourth-order valence-electron chi connectivity index (χ4n) is 0.751. The summed E-state index contributed by atoms with van der Waals surface area (Å²) in [4.78, 5) is 10.7. The summed E-state index contributed by atoms with van der Waals surface area (Å²) in [5, 5.41) is 0.741. The highest BCUT2D eigenvalue weighted by molar-refractivity contribution is 5.67. The molecule has 0 heterocycles. The summed E-state index contributed by atoms with van der Waals surface area (Å²) in [6.07, 6.45) is -13.0. The Bertz CT molecular complexity index is 246. The van der Waals surface area contributed by atoms with Crippen molar-refractivity contribution in [3.63, 3.8) is 0 Å². The average molecular weight is 267 g/mol. The lowest BCUT2D eigenvalue weighted by molar-refractivity contribution is -0.256. The second-order valence-electron chi connectivity index (χ2n) is 3.65. The fraction of sp³-hybridized carbons (Fsp3) is 0.875. The third-order valence-corrected chi connectivity index (χ3v) is 1.46. The molecule has 0 rings (SSSR count). The van der Waals surface area contributed by atoms with E-state index >= 15 is 0 Å². The second kappa shape index (κ2) is 5.46. The summed E-state index contributed by atoms with van der Waals surface area (Å²) in [6.45, 7) is 2.89. The molecule has 102 valence electrons. The van der Waals surface area contributed by atoms with Crippen molar-refractivity contribution in [2.24, 2.45) is 5.92 Å². The van der Waals surface area contributed by atoms with Crippen LogP contribution in [0.4, 0.5) is 31.1 Å². The predicted octanol–water partition coefficient (Wildman–Crippen LogP) is 2.86. The van der Waals surface area contributed by atoms with Crippen LogP contribution in [0.15, 0.2) is 0 Å². The Hall–Kier alpha value is -1.15. The van der Waals surface area contributed by atoms with Crippen molar-refractivity contribution in [2.45, 2.75) is 32.2 Å². The Labute approximate surface area is 93.1 Å². The van der Waals surface area contributed by atoms with Gasteiger partial charge in [0.25, 0.3) is 0 Å². The number of alkyl halides is 6. The Morgan fingerprint density at radius 1 is 1.12 bits per heavy atom. The molecule has 0 fully saturated rings. The SMILES string of the molecule is CC(C)COC(=O)NC(C(F)(F)F)C(F)(F)F. The first-order chi connectivity index (χ1) is 7.44. The van der Waals surface area contributed by atoms with Gasteiger partial charge in [-0.25, -0.2) is 4.79 Å². The van der Waals surface area contributed by atoms with Crippen LogP contribution in [0.2, 0.25) is 0 Å². The Morgan fingerprint density at radius 3 is 1.82 bits per heavy atom. The van der Waals surface area contributed by atoms with Gasteiger partial charge in [0, 0.05) is 0 Å². The van der Waals surface area contributed by atoms with Gasteiger partial charge in [0.1, 0.15) is 0 Å². The molecule has 0 saturated heterocycles. The van der Waals surface area contributed by atoms with Crippen LogP contribution in [-0.2, 0) is 4.74 Å². The second-order valence-corrected chi connectivity index (χ2v) is 3.65. The maximum Gasteiger partial charge on any atom is 0.417 e. The molecule has 0 aliphatic rings. The van der Waals surface area contributed by atoms with Gasteiger partial charge < -0.3 is 10.1 Å². The average Bonchev–Trinajstić information content (AvgIpc) is 2.07. The predicted molar refractivity (Wildman–Crippen MR) is 45.2 cm³/mol. The molecule has 0 atom stereocenters. The van der Waals surface area contributed by atoms with Gasteiger partial charge in [0.15, 0.2) is 0 Å². The van der Waals surface area contributed by atoms with Gasteiger partial charge in [-0.05, 0) is 5.92 Å². The number of amides is 1. The molecule has 0 radical (unpaired) electrons. The highest BCUT2D eigenvalue weighted by Crippen LogP contribution is 2.33. The molecule has 0 spiro atoms. The van der Waals surface area contributed by atoms with Gasteiger partial charge in [-0.15, -0.1) is 0 Å². The van der Waals surface area contributed by atoms with E-state index in [-0.39, 0.29) is 12.5 Å². The smallest absolute Gasteiger partial charge is 0.417 e. The van der Waals surface area contributed by atoms with Crippen molar-refractivity contribution in [3.05, 3.63) is 0 Å². The van der Waals surface area contributed by atoms with E-state index in [9.17, 15) is 31.1 Å². The summed E-state index contributed by atoms with van der Waals surface area (Å²) >= 11 is 0. The van der Waals surface area contributed by atoms with Gasteiger partial charge in [-0.3, -0.25) is 0 Å². The van der Waals surface area contributed by atoms with Crippen molar-refractivity contribution >= 4 is 6.09 Å². The first-order valence-electron chi connectivity index (χ1n) is 4.51. The number of carbonyl (C=O) groups is 1. The quantitative estimate of drug-likeness (QED) is 0.798. The number of rotatable bonds is 3. The van der Waals surface area contributed by atoms with Crippen LogP contribution in [-0.4, -0.2) is 31.1 Å². The molecule has 9 heteroatoms. The maximum absolute atomic E-state index is 12.0. The summed E-state index contributed by atoms with van der Waals surface area (Å²) in [7, 11) is 0. The zero-order valence-corrected chi connectivity index (χ0v) is 8.95. The van der Waals surface area contributed by atoms with E-state index in [1.807, 2.05) is 0 Å². The van der Waals surface area contributed by atoms with E-state index in [2.05, 4.69) is 4.74 Å². The molecule has 0 unspecified atom stereocenters. The molecule has 0 saturated carbocycles.